The summed E-state index contributed by atoms with van der Waals surface area (Å²) in [6.07, 6.45) is -2.09. The van der Waals surface area contributed by atoms with Crippen LogP contribution in [0.3, 0.4) is 0 Å². The fraction of sp³-hybridized carbons (Fsp3) is 0.588. The quantitative estimate of drug-likeness (QED) is 0.852. The summed E-state index contributed by atoms with van der Waals surface area (Å²) >= 11 is 0. The van der Waals surface area contributed by atoms with Crippen molar-refractivity contribution in [1.82, 2.24) is 5.32 Å². The monoisotopic (exact) mass is 362 g/mol. The average molecular weight is 363 g/mol. The van der Waals surface area contributed by atoms with Crippen molar-refractivity contribution in [3.63, 3.8) is 0 Å². The molecule has 1 amide bonds. The molecule has 0 radical (unpaired) electrons. The summed E-state index contributed by atoms with van der Waals surface area (Å²) in [5.41, 5.74) is 1.33. The number of anilines is 1. The van der Waals surface area contributed by atoms with Crippen molar-refractivity contribution in [3.8, 4) is 0 Å². The molecule has 2 N–H and O–H groups in total. The minimum Gasteiger partial charge on any atom is -0.326 e. The van der Waals surface area contributed by atoms with Gasteiger partial charge in [0.05, 0.1) is 0 Å². The van der Waals surface area contributed by atoms with Gasteiger partial charge in [0.15, 0.2) is 0 Å². The van der Waals surface area contributed by atoms with Crippen molar-refractivity contribution in [1.29, 1.82) is 0 Å². The van der Waals surface area contributed by atoms with Gasteiger partial charge in [-0.05, 0) is 61.9 Å². The van der Waals surface area contributed by atoms with Gasteiger partial charge < -0.3 is 10.6 Å². The van der Waals surface area contributed by atoms with Gasteiger partial charge in [0.2, 0.25) is 5.91 Å². The first-order valence-corrected chi connectivity index (χ1v) is 8.05. The fourth-order valence-electron chi connectivity index (χ4n) is 3.52. The summed E-state index contributed by atoms with van der Waals surface area (Å²) in [5, 5.41) is 6.17. The van der Waals surface area contributed by atoms with Gasteiger partial charge in [0, 0.05) is 18.0 Å². The maximum absolute atomic E-state index is 12.4. The molecule has 7 heteroatoms. The van der Waals surface area contributed by atoms with E-state index in [2.05, 4.69) is 10.6 Å². The Morgan fingerprint density at radius 3 is 2.67 bits per heavy atom. The van der Waals surface area contributed by atoms with Gasteiger partial charge in [-0.2, -0.15) is 13.2 Å². The van der Waals surface area contributed by atoms with E-state index in [9.17, 15) is 18.0 Å². The second kappa shape index (κ2) is 7.31. The largest absolute Gasteiger partial charge is 0.389 e. The number of carbonyl (C=O) groups excluding carboxylic acids is 1. The van der Waals surface area contributed by atoms with E-state index in [0.29, 0.717) is 11.3 Å². The van der Waals surface area contributed by atoms with Gasteiger partial charge in [-0.25, -0.2) is 0 Å². The minimum atomic E-state index is -4.16. The number of halogens is 4. The predicted molar refractivity (Wildman–Crippen MR) is 89.3 cm³/mol. The highest BCUT2D eigenvalue weighted by molar-refractivity contribution is 5.95. The lowest BCUT2D eigenvalue weighted by Gasteiger charge is -2.23. The number of aryl methyl sites for hydroxylation is 1. The Balaban J connectivity index is 0.00000208. The molecule has 1 heterocycles. The number of benzene rings is 1. The Hall–Kier alpha value is -1.27. The number of rotatable bonds is 4. The van der Waals surface area contributed by atoms with E-state index < -0.39 is 12.6 Å². The van der Waals surface area contributed by atoms with Crippen LogP contribution in [-0.4, -0.2) is 25.2 Å². The molecular formula is C17H22ClF3N2O. The molecule has 1 atom stereocenters. The zero-order valence-electron chi connectivity index (χ0n) is 13.3. The van der Waals surface area contributed by atoms with E-state index in [-0.39, 0.29) is 36.1 Å². The zero-order chi connectivity index (χ0) is 16.5. The SMILES string of the molecule is Cl.O=C(Nc1cccc(CCC(F)(F)F)c1)C1CC12CCNCC2. The van der Waals surface area contributed by atoms with Crippen LogP contribution in [0.15, 0.2) is 24.3 Å². The highest BCUT2D eigenvalue weighted by atomic mass is 35.5. The molecule has 1 aliphatic heterocycles. The van der Waals surface area contributed by atoms with E-state index in [0.717, 1.165) is 32.4 Å². The van der Waals surface area contributed by atoms with E-state index in [1.807, 2.05) is 0 Å². The molecule has 2 fully saturated rings. The molecule has 1 aliphatic carbocycles. The summed E-state index contributed by atoms with van der Waals surface area (Å²) in [7, 11) is 0. The minimum absolute atomic E-state index is 0. The number of alkyl halides is 3. The Bertz CT molecular complexity index is 585. The summed E-state index contributed by atoms with van der Waals surface area (Å²) in [4.78, 5) is 12.4. The van der Waals surface area contributed by atoms with Crippen LogP contribution in [0.5, 0.6) is 0 Å². The highest BCUT2D eigenvalue weighted by Gasteiger charge is 2.57. The van der Waals surface area contributed by atoms with Crippen molar-refractivity contribution >= 4 is 24.0 Å². The van der Waals surface area contributed by atoms with Crippen LogP contribution in [-0.2, 0) is 11.2 Å². The Labute approximate surface area is 145 Å². The van der Waals surface area contributed by atoms with Crippen molar-refractivity contribution in [2.24, 2.45) is 11.3 Å². The number of piperidine rings is 1. The van der Waals surface area contributed by atoms with Crippen molar-refractivity contribution in [2.45, 2.75) is 38.3 Å². The van der Waals surface area contributed by atoms with Crippen LogP contribution in [0.4, 0.5) is 18.9 Å². The van der Waals surface area contributed by atoms with Gasteiger partial charge in [-0.15, -0.1) is 12.4 Å². The topological polar surface area (TPSA) is 41.1 Å². The van der Waals surface area contributed by atoms with Crippen molar-refractivity contribution in [2.75, 3.05) is 18.4 Å². The maximum Gasteiger partial charge on any atom is 0.389 e. The molecule has 0 bridgehead atoms. The predicted octanol–water partition coefficient (Wildman–Crippen LogP) is 3.93. The van der Waals surface area contributed by atoms with Crippen molar-refractivity contribution in [3.05, 3.63) is 29.8 Å². The van der Waals surface area contributed by atoms with Gasteiger partial charge in [-0.1, -0.05) is 12.1 Å². The van der Waals surface area contributed by atoms with E-state index in [1.54, 1.807) is 24.3 Å². The van der Waals surface area contributed by atoms with Gasteiger partial charge in [-0.3, -0.25) is 4.79 Å². The lowest BCUT2D eigenvalue weighted by Crippen LogP contribution is -2.31. The second-order valence-electron chi connectivity index (χ2n) is 6.67. The first-order valence-electron chi connectivity index (χ1n) is 8.05. The Morgan fingerprint density at radius 1 is 1.29 bits per heavy atom. The molecule has 0 aromatic heterocycles. The molecule has 1 saturated carbocycles. The Kier molecular flexibility index (Phi) is 5.81. The first-order chi connectivity index (χ1) is 10.9. The number of hydrogen-bond donors (Lipinski definition) is 2. The molecule has 1 aromatic carbocycles. The molecular weight excluding hydrogens is 341 g/mol. The second-order valence-corrected chi connectivity index (χ2v) is 6.67. The van der Waals surface area contributed by atoms with E-state index >= 15 is 0 Å². The highest BCUT2D eigenvalue weighted by Crippen LogP contribution is 2.58. The molecule has 3 rings (SSSR count). The summed E-state index contributed by atoms with van der Waals surface area (Å²) in [6, 6.07) is 6.72. The molecule has 1 aromatic rings. The van der Waals surface area contributed by atoms with Gasteiger partial charge in [0.1, 0.15) is 0 Å². The van der Waals surface area contributed by atoms with Crippen LogP contribution >= 0.6 is 12.4 Å². The van der Waals surface area contributed by atoms with Crippen LogP contribution in [0.2, 0.25) is 0 Å². The van der Waals surface area contributed by atoms with Crippen LogP contribution < -0.4 is 10.6 Å². The molecule has 134 valence electrons. The molecule has 1 unspecified atom stereocenters. The third-order valence-electron chi connectivity index (χ3n) is 5.00. The average Bonchev–Trinajstić information content (AvgIpc) is 3.19. The molecule has 3 nitrogen and oxygen atoms in total. The van der Waals surface area contributed by atoms with E-state index in [1.165, 1.54) is 0 Å². The molecule has 1 saturated heterocycles. The van der Waals surface area contributed by atoms with Crippen LogP contribution in [0.1, 0.15) is 31.2 Å². The third-order valence-corrected chi connectivity index (χ3v) is 5.00. The third kappa shape index (κ3) is 4.63. The standard InChI is InChI=1S/C17H21F3N2O.ClH/c18-17(19,20)5-4-12-2-1-3-13(10-12)22-15(23)14-11-16(14)6-8-21-9-7-16;/h1-3,10,14,21H,4-9,11H2,(H,22,23);1H. The lowest BCUT2D eigenvalue weighted by molar-refractivity contribution is -0.134. The number of hydrogen-bond acceptors (Lipinski definition) is 2. The zero-order valence-corrected chi connectivity index (χ0v) is 14.1. The maximum atomic E-state index is 12.4. The van der Waals surface area contributed by atoms with E-state index in [4.69, 9.17) is 0 Å². The fourth-order valence-corrected chi connectivity index (χ4v) is 3.52. The summed E-state index contributed by atoms with van der Waals surface area (Å²) < 4.78 is 36.9. The molecule has 1 spiro atoms. The van der Waals surface area contributed by atoms with Gasteiger partial charge in [0.25, 0.3) is 0 Å². The number of nitrogens with one attached hydrogen (secondary N) is 2. The summed E-state index contributed by atoms with van der Waals surface area (Å²) in [5.74, 6) is 0.0447. The summed E-state index contributed by atoms with van der Waals surface area (Å²) in [6.45, 7) is 1.91. The lowest BCUT2D eigenvalue weighted by atomic mass is 9.92. The molecule has 24 heavy (non-hydrogen) atoms. The normalized spacial score (nSPS) is 21.9. The number of amides is 1. The van der Waals surface area contributed by atoms with Crippen LogP contribution in [0.25, 0.3) is 0 Å². The molecule has 2 aliphatic rings. The van der Waals surface area contributed by atoms with Crippen LogP contribution in [0, 0.1) is 11.3 Å². The first kappa shape index (κ1) is 19.1. The number of carbonyl (C=O) groups is 1. The van der Waals surface area contributed by atoms with Crippen molar-refractivity contribution < 1.29 is 18.0 Å². The smallest absolute Gasteiger partial charge is 0.326 e. The van der Waals surface area contributed by atoms with Gasteiger partial charge >= 0.3 is 6.18 Å². The Morgan fingerprint density at radius 2 is 2.00 bits per heavy atom.